The standard InChI is InChI=1S/C15H17NO.2C4H3NO2/c1-2-5-12-6-3-4-7-15(12)17-14-10-8-13(16)9-11-14;2*6-3-1-2-4(7)5-3/h3-4,6-11H,2,5,16H2,1H3;2*1-2H,(H,5,6,7). The molecule has 2 heterocycles. The van der Waals surface area contributed by atoms with Gasteiger partial charge in [0.05, 0.1) is 0 Å². The van der Waals surface area contributed by atoms with Gasteiger partial charge in [-0.25, -0.2) is 0 Å². The van der Waals surface area contributed by atoms with Gasteiger partial charge in [0.1, 0.15) is 11.5 Å². The molecule has 0 radical (unpaired) electrons. The lowest BCUT2D eigenvalue weighted by molar-refractivity contribution is -0.125. The molecule has 4 N–H and O–H groups in total. The van der Waals surface area contributed by atoms with Crippen molar-refractivity contribution < 1.29 is 23.9 Å². The molecule has 0 fully saturated rings. The van der Waals surface area contributed by atoms with Crippen molar-refractivity contribution in [3.63, 3.8) is 0 Å². The summed E-state index contributed by atoms with van der Waals surface area (Å²) in [4.78, 5) is 40.1. The number of carbonyl (C=O) groups is 4. The molecule has 2 aromatic carbocycles. The Morgan fingerprint density at radius 1 is 0.742 bits per heavy atom. The van der Waals surface area contributed by atoms with Crippen LogP contribution >= 0.6 is 0 Å². The largest absolute Gasteiger partial charge is 0.457 e. The Bertz CT molecular complexity index is 942. The summed E-state index contributed by atoms with van der Waals surface area (Å²) >= 11 is 0. The van der Waals surface area contributed by atoms with Crippen LogP contribution in [0.3, 0.4) is 0 Å². The number of imide groups is 2. The molecule has 0 saturated heterocycles. The summed E-state index contributed by atoms with van der Waals surface area (Å²) in [5.41, 5.74) is 7.63. The van der Waals surface area contributed by atoms with Crippen LogP contribution in [0.15, 0.2) is 72.8 Å². The second-order valence-electron chi connectivity index (χ2n) is 6.40. The second kappa shape index (κ2) is 11.7. The van der Waals surface area contributed by atoms with Gasteiger partial charge in [0.2, 0.25) is 0 Å². The van der Waals surface area contributed by atoms with Crippen LogP contribution in [-0.2, 0) is 25.6 Å². The van der Waals surface area contributed by atoms with Crippen molar-refractivity contribution in [3.8, 4) is 11.5 Å². The minimum atomic E-state index is -0.329. The molecule has 0 saturated carbocycles. The summed E-state index contributed by atoms with van der Waals surface area (Å²) in [5, 5.41) is 4.06. The Balaban J connectivity index is 0.000000199. The van der Waals surface area contributed by atoms with Gasteiger partial charge in [-0.15, -0.1) is 0 Å². The number of hydrogen-bond donors (Lipinski definition) is 3. The predicted octanol–water partition coefficient (Wildman–Crippen LogP) is 2.41. The van der Waals surface area contributed by atoms with E-state index in [-0.39, 0.29) is 23.6 Å². The van der Waals surface area contributed by atoms with Crippen LogP contribution in [0, 0.1) is 0 Å². The number of para-hydroxylation sites is 1. The van der Waals surface area contributed by atoms with E-state index in [4.69, 9.17) is 10.5 Å². The van der Waals surface area contributed by atoms with Crippen LogP contribution in [0.25, 0.3) is 0 Å². The van der Waals surface area contributed by atoms with E-state index < -0.39 is 0 Å². The average Bonchev–Trinajstić information content (AvgIpc) is 3.32. The second-order valence-corrected chi connectivity index (χ2v) is 6.40. The molecule has 0 unspecified atom stereocenters. The van der Waals surface area contributed by atoms with E-state index in [1.54, 1.807) is 0 Å². The Hall–Kier alpha value is -4.20. The number of nitrogens with two attached hydrogens (primary N) is 1. The van der Waals surface area contributed by atoms with Gasteiger partial charge in [-0.2, -0.15) is 0 Å². The van der Waals surface area contributed by atoms with Gasteiger partial charge in [-0.1, -0.05) is 31.5 Å². The van der Waals surface area contributed by atoms with Gasteiger partial charge in [0.15, 0.2) is 0 Å². The molecule has 0 atom stereocenters. The molecule has 8 heteroatoms. The van der Waals surface area contributed by atoms with Gasteiger partial charge in [0.25, 0.3) is 23.6 Å². The first-order chi connectivity index (χ1) is 14.9. The first-order valence-corrected chi connectivity index (χ1v) is 9.54. The van der Waals surface area contributed by atoms with E-state index in [9.17, 15) is 19.2 Å². The highest BCUT2D eigenvalue weighted by Crippen LogP contribution is 2.26. The van der Waals surface area contributed by atoms with E-state index in [1.807, 2.05) is 53.1 Å². The molecular weight excluding hydrogens is 398 g/mol. The molecule has 0 spiro atoms. The molecular formula is C23H23N3O5. The third-order valence-corrected chi connectivity index (χ3v) is 3.86. The minimum absolute atomic E-state index is 0.329. The number of carbonyl (C=O) groups excluding carboxylic acids is 4. The number of nitrogen functional groups attached to an aromatic ring is 1. The molecule has 2 aliphatic rings. The average molecular weight is 421 g/mol. The summed E-state index contributed by atoms with van der Waals surface area (Å²) in [7, 11) is 0. The number of ether oxygens (including phenoxy) is 1. The van der Waals surface area contributed by atoms with E-state index in [0.717, 1.165) is 30.0 Å². The van der Waals surface area contributed by atoms with Gasteiger partial charge in [-0.3, -0.25) is 29.8 Å². The number of benzene rings is 2. The Labute approximate surface area is 179 Å². The van der Waals surface area contributed by atoms with Crippen LogP contribution < -0.4 is 21.1 Å². The fraction of sp³-hybridized carbons (Fsp3) is 0.130. The van der Waals surface area contributed by atoms with Gasteiger partial charge < -0.3 is 10.5 Å². The van der Waals surface area contributed by atoms with Gasteiger partial charge in [0, 0.05) is 30.0 Å². The van der Waals surface area contributed by atoms with Crippen molar-refractivity contribution in [2.75, 3.05) is 5.73 Å². The third-order valence-electron chi connectivity index (χ3n) is 3.86. The molecule has 0 aliphatic carbocycles. The van der Waals surface area contributed by atoms with Crippen molar-refractivity contribution >= 4 is 29.3 Å². The van der Waals surface area contributed by atoms with Crippen molar-refractivity contribution in [1.82, 2.24) is 10.6 Å². The molecule has 0 aromatic heterocycles. The lowest BCUT2D eigenvalue weighted by atomic mass is 10.1. The lowest BCUT2D eigenvalue weighted by Gasteiger charge is -2.10. The highest BCUT2D eigenvalue weighted by Gasteiger charge is 2.07. The van der Waals surface area contributed by atoms with Crippen molar-refractivity contribution in [1.29, 1.82) is 0 Å². The maximum absolute atomic E-state index is 10.0. The summed E-state index contributed by atoms with van der Waals surface area (Å²) in [6.45, 7) is 2.17. The van der Waals surface area contributed by atoms with Crippen LogP contribution in [0.5, 0.6) is 11.5 Å². The number of aryl methyl sites for hydroxylation is 1. The summed E-state index contributed by atoms with van der Waals surface area (Å²) in [6.07, 6.45) is 6.93. The maximum atomic E-state index is 10.0. The number of amides is 4. The zero-order valence-electron chi connectivity index (χ0n) is 17.0. The molecule has 2 aromatic rings. The fourth-order valence-corrected chi connectivity index (χ4v) is 2.45. The topological polar surface area (TPSA) is 128 Å². The van der Waals surface area contributed by atoms with E-state index in [0.29, 0.717) is 0 Å². The normalized spacial score (nSPS) is 13.6. The molecule has 2 aliphatic heterocycles. The summed E-state index contributed by atoms with van der Waals surface area (Å²) in [5.74, 6) is 0.437. The molecule has 31 heavy (non-hydrogen) atoms. The van der Waals surface area contributed by atoms with Gasteiger partial charge in [-0.05, 0) is 42.3 Å². The van der Waals surface area contributed by atoms with Crippen molar-refractivity contribution in [3.05, 3.63) is 78.4 Å². The van der Waals surface area contributed by atoms with Crippen molar-refractivity contribution in [2.45, 2.75) is 19.8 Å². The van der Waals surface area contributed by atoms with Crippen molar-refractivity contribution in [2.24, 2.45) is 0 Å². The zero-order chi connectivity index (χ0) is 22.6. The zero-order valence-corrected chi connectivity index (χ0v) is 17.0. The maximum Gasteiger partial charge on any atom is 0.250 e. The summed E-state index contributed by atoms with van der Waals surface area (Å²) in [6, 6.07) is 15.6. The fourth-order valence-electron chi connectivity index (χ4n) is 2.45. The smallest absolute Gasteiger partial charge is 0.250 e. The minimum Gasteiger partial charge on any atom is -0.457 e. The summed E-state index contributed by atoms with van der Waals surface area (Å²) < 4.78 is 5.86. The molecule has 8 nitrogen and oxygen atoms in total. The Morgan fingerprint density at radius 3 is 1.65 bits per heavy atom. The Morgan fingerprint density at radius 2 is 1.23 bits per heavy atom. The number of nitrogens with one attached hydrogen (secondary N) is 2. The third kappa shape index (κ3) is 8.36. The highest BCUT2D eigenvalue weighted by molar-refractivity contribution is 6.13. The van der Waals surface area contributed by atoms with Gasteiger partial charge >= 0.3 is 0 Å². The predicted molar refractivity (Wildman–Crippen MR) is 116 cm³/mol. The highest BCUT2D eigenvalue weighted by atomic mass is 16.5. The van der Waals surface area contributed by atoms with Crippen LogP contribution in [-0.4, -0.2) is 23.6 Å². The van der Waals surface area contributed by atoms with E-state index >= 15 is 0 Å². The SMILES string of the molecule is CCCc1ccccc1Oc1ccc(N)cc1.O=C1C=CC(=O)N1.O=C1C=CC(=O)N1. The van der Waals surface area contributed by atoms with Crippen LogP contribution in [0.2, 0.25) is 0 Å². The van der Waals surface area contributed by atoms with Crippen LogP contribution in [0.1, 0.15) is 18.9 Å². The monoisotopic (exact) mass is 421 g/mol. The number of rotatable bonds is 4. The Kier molecular flexibility index (Phi) is 8.72. The van der Waals surface area contributed by atoms with Crippen LogP contribution in [0.4, 0.5) is 5.69 Å². The number of hydrogen-bond acceptors (Lipinski definition) is 6. The number of anilines is 1. The first-order valence-electron chi connectivity index (χ1n) is 9.54. The molecule has 4 amide bonds. The lowest BCUT2D eigenvalue weighted by Crippen LogP contribution is -2.19. The first kappa shape index (κ1) is 23.1. The van der Waals surface area contributed by atoms with E-state index in [1.165, 1.54) is 29.9 Å². The molecule has 0 bridgehead atoms. The quantitative estimate of drug-likeness (QED) is 0.514. The van der Waals surface area contributed by atoms with E-state index in [2.05, 4.69) is 13.0 Å². The molecule has 160 valence electrons. The molecule has 4 rings (SSSR count).